The molecule has 2 rings (SSSR count). The number of ether oxygens (including phenoxy) is 2. The third-order valence-corrected chi connectivity index (χ3v) is 3.71. The van der Waals surface area contributed by atoms with Crippen molar-refractivity contribution < 1.29 is 23.0 Å². The summed E-state index contributed by atoms with van der Waals surface area (Å²) in [5, 5.41) is 2.79. The lowest BCUT2D eigenvalue weighted by Crippen LogP contribution is -2.22. The average molecular weight is 363 g/mol. The monoisotopic (exact) mass is 363 g/mol. The Morgan fingerprint density at radius 3 is 2.38 bits per heavy atom. The first-order chi connectivity index (χ1) is 12.6. The fourth-order valence-electron chi connectivity index (χ4n) is 2.35. The smallest absolute Gasteiger partial charge is 0.387 e. The van der Waals surface area contributed by atoms with Gasteiger partial charge in [0.2, 0.25) is 5.91 Å². The van der Waals surface area contributed by atoms with Gasteiger partial charge in [0.15, 0.2) is 0 Å². The van der Waals surface area contributed by atoms with Crippen LogP contribution in [0.25, 0.3) is 0 Å². The van der Waals surface area contributed by atoms with Crippen molar-refractivity contribution in [2.45, 2.75) is 32.4 Å². The summed E-state index contributed by atoms with van der Waals surface area (Å²) < 4.78 is 33.9. The van der Waals surface area contributed by atoms with Gasteiger partial charge in [0, 0.05) is 19.6 Å². The Labute approximate surface area is 152 Å². The van der Waals surface area contributed by atoms with Crippen LogP contribution < -0.4 is 10.1 Å². The highest BCUT2D eigenvalue weighted by Crippen LogP contribution is 2.14. The number of nitrogens with one attached hydrogen (secondary N) is 1. The molecule has 0 saturated heterocycles. The Kier molecular flexibility index (Phi) is 8.55. The topological polar surface area (TPSA) is 47.6 Å². The Hall–Kier alpha value is -2.47. The molecule has 0 unspecified atom stereocenters. The lowest BCUT2D eigenvalue weighted by atomic mass is 10.2. The predicted molar refractivity (Wildman–Crippen MR) is 95.1 cm³/mol. The summed E-state index contributed by atoms with van der Waals surface area (Å²) >= 11 is 0. The predicted octanol–water partition coefficient (Wildman–Crippen LogP) is 3.94. The third kappa shape index (κ3) is 8.07. The van der Waals surface area contributed by atoms with Gasteiger partial charge in [0.05, 0.1) is 6.61 Å². The van der Waals surface area contributed by atoms with Gasteiger partial charge < -0.3 is 14.8 Å². The average Bonchev–Trinajstić information content (AvgIpc) is 2.64. The van der Waals surface area contributed by atoms with E-state index in [1.54, 1.807) is 12.1 Å². The Morgan fingerprint density at radius 1 is 0.962 bits per heavy atom. The second-order valence-corrected chi connectivity index (χ2v) is 5.75. The zero-order chi connectivity index (χ0) is 18.6. The molecule has 0 bridgehead atoms. The fraction of sp³-hybridized carbons (Fsp3) is 0.350. The van der Waals surface area contributed by atoms with Gasteiger partial charge in [0.25, 0.3) is 0 Å². The molecule has 0 radical (unpaired) electrons. The largest absolute Gasteiger partial charge is 0.435 e. The molecule has 0 aliphatic rings. The highest BCUT2D eigenvalue weighted by Gasteiger charge is 2.05. The summed E-state index contributed by atoms with van der Waals surface area (Å²) in [4.78, 5) is 11.8. The number of hydrogen-bond acceptors (Lipinski definition) is 3. The maximum Gasteiger partial charge on any atom is 0.387 e. The lowest BCUT2D eigenvalue weighted by molar-refractivity contribution is -0.121. The molecule has 1 amide bonds. The van der Waals surface area contributed by atoms with Crippen LogP contribution in [0.1, 0.15) is 24.0 Å². The molecule has 0 heterocycles. The van der Waals surface area contributed by atoms with Crippen molar-refractivity contribution in [2.75, 3.05) is 13.2 Å². The van der Waals surface area contributed by atoms with Crippen molar-refractivity contribution in [1.29, 1.82) is 0 Å². The van der Waals surface area contributed by atoms with Crippen molar-refractivity contribution in [3.05, 3.63) is 65.7 Å². The minimum Gasteiger partial charge on any atom is -0.435 e. The van der Waals surface area contributed by atoms with E-state index in [2.05, 4.69) is 22.2 Å². The number of alkyl halides is 2. The van der Waals surface area contributed by atoms with Crippen LogP contribution in [0.15, 0.2) is 54.6 Å². The van der Waals surface area contributed by atoms with E-state index >= 15 is 0 Å². The van der Waals surface area contributed by atoms with Crippen molar-refractivity contribution in [3.8, 4) is 5.75 Å². The van der Waals surface area contributed by atoms with E-state index in [0.717, 1.165) is 12.0 Å². The molecule has 4 nitrogen and oxygen atoms in total. The molecular formula is C20H23F2NO3. The van der Waals surface area contributed by atoms with E-state index in [1.807, 2.05) is 18.2 Å². The van der Waals surface area contributed by atoms with Crippen LogP contribution in [0.5, 0.6) is 5.75 Å². The molecule has 0 atom stereocenters. The number of carbonyl (C=O) groups excluding carboxylic acids is 1. The second kappa shape index (κ2) is 11.2. The lowest BCUT2D eigenvalue weighted by Gasteiger charge is -2.08. The van der Waals surface area contributed by atoms with Crippen LogP contribution in [0, 0.1) is 0 Å². The molecule has 0 aliphatic carbocycles. The normalized spacial score (nSPS) is 10.7. The Balaban J connectivity index is 1.53. The van der Waals surface area contributed by atoms with Gasteiger partial charge in [-0.05, 0) is 36.1 Å². The summed E-state index contributed by atoms with van der Waals surface area (Å²) in [6.07, 6.45) is 1.90. The Morgan fingerprint density at radius 2 is 1.69 bits per heavy atom. The number of rotatable bonds is 11. The molecule has 140 valence electrons. The van der Waals surface area contributed by atoms with Gasteiger partial charge in [-0.2, -0.15) is 8.78 Å². The number of hydrogen-bond donors (Lipinski definition) is 1. The summed E-state index contributed by atoms with van der Waals surface area (Å²) in [5.41, 5.74) is 2.05. The molecular weight excluding hydrogens is 340 g/mol. The molecule has 2 aromatic carbocycles. The first-order valence-corrected chi connectivity index (χ1v) is 8.55. The van der Waals surface area contributed by atoms with Crippen molar-refractivity contribution in [3.63, 3.8) is 0 Å². The summed E-state index contributed by atoms with van der Waals surface area (Å²) in [5.74, 6) is 0.0345. The van der Waals surface area contributed by atoms with E-state index in [-0.39, 0.29) is 11.7 Å². The van der Waals surface area contributed by atoms with Gasteiger partial charge in [0.1, 0.15) is 5.75 Å². The van der Waals surface area contributed by atoms with E-state index < -0.39 is 6.61 Å². The van der Waals surface area contributed by atoms with Crippen molar-refractivity contribution in [2.24, 2.45) is 0 Å². The van der Waals surface area contributed by atoms with E-state index in [9.17, 15) is 13.6 Å². The number of benzene rings is 2. The Bertz CT molecular complexity index is 648. The summed E-state index contributed by atoms with van der Waals surface area (Å²) in [6, 6.07) is 16.3. The number of halogens is 2. The van der Waals surface area contributed by atoms with Gasteiger partial charge in [-0.15, -0.1) is 0 Å². The minimum absolute atomic E-state index is 0.0652. The van der Waals surface area contributed by atoms with Crippen LogP contribution in [0.3, 0.4) is 0 Å². The van der Waals surface area contributed by atoms with Crippen LogP contribution in [-0.4, -0.2) is 25.7 Å². The maximum atomic E-state index is 12.1. The van der Waals surface area contributed by atoms with E-state index in [4.69, 9.17) is 4.74 Å². The second-order valence-electron chi connectivity index (χ2n) is 5.75. The summed E-state index contributed by atoms with van der Waals surface area (Å²) in [7, 11) is 0. The zero-order valence-corrected chi connectivity index (χ0v) is 14.5. The standard InChI is InChI=1S/C20H23F2NO3/c21-20(22)26-18-10-8-17(9-11-18)15-23-19(24)7-4-13-25-14-12-16-5-2-1-3-6-16/h1-3,5-6,8-11,20H,4,7,12-15H2,(H,23,24). The zero-order valence-electron chi connectivity index (χ0n) is 14.5. The molecule has 0 aliphatic heterocycles. The highest BCUT2D eigenvalue weighted by atomic mass is 19.3. The summed E-state index contributed by atoms with van der Waals surface area (Å²) in [6.45, 7) is -1.31. The van der Waals surface area contributed by atoms with E-state index in [0.29, 0.717) is 32.6 Å². The van der Waals surface area contributed by atoms with Crippen molar-refractivity contribution in [1.82, 2.24) is 5.32 Å². The van der Waals surface area contributed by atoms with Gasteiger partial charge >= 0.3 is 6.61 Å². The van der Waals surface area contributed by atoms with Crippen LogP contribution in [0.4, 0.5) is 8.78 Å². The molecule has 0 fully saturated rings. The maximum absolute atomic E-state index is 12.1. The molecule has 26 heavy (non-hydrogen) atoms. The molecule has 0 aromatic heterocycles. The molecule has 6 heteroatoms. The highest BCUT2D eigenvalue weighted by molar-refractivity contribution is 5.75. The van der Waals surface area contributed by atoms with Crippen molar-refractivity contribution >= 4 is 5.91 Å². The number of amides is 1. The van der Waals surface area contributed by atoms with Crippen LogP contribution >= 0.6 is 0 Å². The fourth-order valence-corrected chi connectivity index (χ4v) is 2.35. The van der Waals surface area contributed by atoms with Gasteiger partial charge in [-0.1, -0.05) is 42.5 Å². The van der Waals surface area contributed by atoms with Crippen LogP contribution in [-0.2, 0) is 22.5 Å². The number of carbonyl (C=O) groups is 1. The minimum atomic E-state index is -2.84. The molecule has 0 spiro atoms. The first kappa shape index (κ1) is 19.8. The van der Waals surface area contributed by atoms with Gasteiger partial charge in [-0.25, -0.2) is 0 Å². The molecule has 0 saturated carbocycles. The molecule has 2 aromatic rings. The first-order valence-electron chi connectivity index (χ1n) is 8.55. The SMILES string of the molecule is O=C(CCCOCCc1ccccc1)NCc1ccc(OC(F)F)cc1. The van der Waals surface area contributed by atoms with E-state index in [1.165, 1.54) is 17.7 Å². The van der Waals surface area contributed by atoms with Gasteiger partial charge in [-0.3, -0.25) is 4.79 Å². The van der Waals surface area contributed by atoms with Crippen LogP contribution in [0.2, 0.25) is 0 Å². The quantitative estimate of drug-likeness (QED) is 0.615. The third-order valence-electron chi connectivity index (χ3n) is 3.71. The molecule has 1 N–H and O–H groups in total.